The molecule has 0 aliphatic heterocycles. The quantitative estimate of drug-likeness (QED) is 0.131. The number of nitrogens with zero attached hydrogens (tertiary/aromatic N) is 2. The van der Waals surface area contributed by atoms with Gasteiger partial charge in [0.2, 0.25) is 0 Å². The van der Waals surface area contributed by atoms with Crippen LogP contribution < -0.4 is 31.8 Å². The largest absolute Gasteiger partial charge is 0.493 e. The van der Waals surface area contributed by atoms with Crippen molar-refractivity contribution in [3.05, 3.63) is 59.7 Å². The van der Waals surface area contributed by atoms with Gasteiger partial charge in [-0.1, -0.05) is 24.3 Å². The molecule has 14 heteroatoms. The molecule has 2 rings (SSSR count). The van der Waals surface area contributed by atoms with Crippen LogP contribution in [0.2, 0.25) is 0 Å². The lowest BCUT2D eigenvalue weighted by Crippen LogP contribution is -2.24. The van der Waals surface area contributed by atoms with Gasteiger partial charge in [-0.05, 0) is 61.5 Å². The van der Waals surface area contributed by atoms with Crippen molar-refractivity contribution in [3.8, 4) is 11.5 Å². The van der Waals surface area contributed by atoms with Gasteiger partial charge in [-0.3, -0.25) is 19.3 Å². The molecule has 0 aromatic heterocycles. The zero-order valence-electron chi connectivity index (χ0n) is 21.9. The lowest BCUT2D eigenvalue weighted by Gasteiger charge is -2.10. The highest BCUT2D eigenvalue weighted by atomic mass is 32.2. The third-order valence-corrected chi connectivity index (χ3v) is 3.83. The zero-order chi connectivity index (χ0) is 28.8. The van der Waals surface area contributed by atoms with Crippen molar-refractivity contribution >= 4 is 68.7 Å². The molecule has 0 amide bonds. The van der Waals surface area contributed by atoms with E-state index in [0.717, 1.165) is 35.5 Å². The average Bonchev–Trinajstić information content (AvgIpc) is 2.82. The Morgan fingerprint density at radius 3 is 1.39 bits per heavy atom. The van der Waals surface area contributed by atoms with Crippen molar-refractivity contribution in [2.45, 2.75) is 12.8 Å². The molecule has 0 radical (unpaired) electrons. The number of para-hydroxylation sites is 2. The van der Waals surface area contributed by atoms with Gasteiger partial charge in [0.1, 0.15) is 11.5 Å². The SMILES string of the molecule is CS(C)=O.CS(C)=O.NC(=S)N/N=C/c1ccccc1OCCCCOc1ccccc1/C=N/NC(N)=S. The number of hydrogen-bond donors (Lipinski definition) is 4. The maximum atomic E-state index is 9.56. The van der Waals surface area contributed by atoms with Gasteiger partial charge in [-0.25, -0.2) is 0 Å². The maximum absolute atomic E-state index is 9.56. The van der Waals surface area contributed by atoms with Gasteiger partial charge in [-0.15, -0.1) is 0 Å². The molecule has 38 heavy (non-hydrogen) atoms. The first-order valence-corrected chi connectivity index (χ1v) is 15.9. The molecule has 0 aliphatic rings. The Morgan fingerprint density at radius 2 is 1.08 bits per heavy atom. The first-order chi connectivity index (χ1) is 18.0. The fraction of sp³-hybridized carbons (Fsp3) is 0.333. The van der Waals surface area contributed by atoms with Gasteiger partial charge < -0.3 is 20.9 Å². The molecule has 2 aromatic carbocycles. The third-order valence-electron chi connectivity index (χ3n) is 3.65. The molecule has 0 saturated heterocycles. The van der Waals surface area contributed by atoms with Crippen molar-refractivity contribution in [1.29, 1.82) is 0 Å². The standard InChI is InChI=1S/C20H24N6O2S2.2C2H6OS/c21-19(29)25-23-13-15-7-1-3-9-17(15)27-11-5-6-12-28-18-10-4-2-8-16(18)14-24-26-20(22)30;2*1-4(2)3/h1-4,7-10,13-14H,5-6,11-12H2,(H3,21,25,29)(H3,22,26,30);2*1-2H3/b23-13+,24-14+;;. The lowest BCUT2D eigenvalue weighted by molar-refractivity contribution is 0.266. The van der Waals surface area contributed by atoms with E-state index < -0.39 is 21.6 Å². The van der Waals surface area contributed by atoms with E-state index >= 15 is 0 Å². The van der Waals surface area contributed by atoms with E-state index in [1.807, 2.05) is 48.5 Å². The minimum atomic E-state index is -0.611. The molecule has 0 atom stereocenters. The first-order valence-electron chi connectivity index (χ1n) is 11.1. The number of nitrogens with one attached hydrogen (secondary N) is 2. The number of benzene rings is 2. The second-order valence-electron chi connectivity index (χ2n) is 7.43. The highest BCUT2D eigenvalue weighted by Gasteiger charge is 2.03. The Hall–Kier alpha value is -2.94. The third kappa shape index (κ3) is 21.2. The minimum absolute atomic E-state index is 0.108. The molecule has 0 heterocycles. The molecular formula is C24H36N6O4S4. The Balaban J connectivity index is 0.00000150. The summed E-state index contributed by atoms with van der Waals surface area (Å²) in [5.74, 6) is 1.47. The molecule has 0 spiro atoms. The van der Waals surface area contributed by atoms with Crippen LogP contribution in [0.25, 0.3) is 0 Å². The number of unbranched alkanes of at least 4 members (excludes halogenated alkanes) is 1. The summed E-state index contributed by atoms with van der Waals surface area (Å²) in [6, 6.07) is 15.2. The number of rotatable bonds is 11. The van der Waals surface area contributed by atoms with Crippen LogP contribution in [0.15, 0.2) is 58.7 Å². The van der Waals surface area contributed by atoms with Crippen LogP contribution in [0.4, 0.5) is 0 Å². The lowest BCUT2D eigenvalue weighted by atomic mass is 10.2. The van der Waals surface area contributed by atoms with Crippen LogP contribution in [0, 0.1) is 0 Å². The molecule has 210 valence electrons. The van der Waals surface area contributed by atoms with E-state index in [4.69, 9.17) is 45.4 Å². The second kappa shape index (κ2) is 22.1. The fourth-order valence-corrected chi connectivity index (χ4v) is 2.44. The molecule has 10 nitrogen and oxygen atoms in total. The summed E-state index contributed by atoms with van der Waals surface area (Å²) >= 11 is 9.44. The van der Waals surface area contributed by atoms with Crippen molar-refractivity contribution < 1.29 is 17.9 Å². The molecule has 0 saturated carbocycles. The molecule has 0 bridgehead atoms. The molecule has 0 aliphatic carbocycles. The van der Waals surface area contributed by atoms with Crippen LogP contribution in [0.3, 0.4) is 0 Å². The normalized spacial score (nSPS) is 10.4. The Labute approximate surface area is 240 Å². The summed E-state index contributed by atoms with van der Waals surface area (Å²) in [6.07, 6.45) is 11.4. The Kier molecular flexibility index (Phi) is 20.4. The van der Waals surface area contributed by atoms with E-state index in [1.165, 1.54) is 0 Å². The van der Waals surface area contributed by atoms with Crippen molar-refractivity contribution in [1.82, 2.24) is 10.9 Å². The van der Waals surface area contributed by atoms with E-state index in [-0.39, 0.29) is 10.2 Å². The van der Waals surface area contributed by atoms with Crippen LogP contribution in [-0.4, -0.2) is 69.3 Å². The topological polar surface area (TPSA) is 153 Å². The predicted molar refractivity (Wildman–Crippen MR) is 168 cm³/mol. The van der Waals surface area contributed by atoms with E-state index in [9.17, 15) is 8.42 Å². The number of hydrazone groups is 2. The first kappa shape index (κ1) is 35.1. The van der Waals surface area contributed by atoms with E-state index in [1.54, 1.807) is 37.5 Å². The van der Waals surface area contributed by atoms with Crippen LogP contribution in [-0.2, 0) is 21.6 Å². The van der Waals surface area contributed by atoms with Gasteiger partial charge in [0.25, 0.3) is 0 Å². The molecule has 0 unspecified atom stereocenters. The number of nitrogens with two attached hydrogens (primary N) is 2. The van der Waals surface area contributed by atoms with Crippen molar-refractivity contribution in [2.24, 2.45) is 21.7 Å². The fourth-order valence-electron chi connectivity index (χ4n) is 2.34. The van der Waals surface area contributed by atoms with Crippen LogP contribution >= 0.6 is 24.4 Å². The summed E-state index contributed by atoms with van der Waals surface area (Å²) in [5, 5.41) is 8.14. The van der Waals surface area contributed by atoms with Gasteiger partial charge in [0, 0.05) is 57.7 Å². The minimum Gasteiger partial charge on any atom is -0.493 e. The summed E-state index contributed by atoms with van der Waals surface area (Å²) in [5.41, 5.74) is 17.4. The van der Waals surface area contributed by atoms with Crippen LogP contribution in [0.1, 0.15) is 24.0 Å². The number of hydrogen-bond acceptors (Lipinski definition) is 8. The molecular weight excluding hydrogens is 565 g/mol. The summed E-state index contributed by atoms with van der Waals surface area (Å²) in [4.78, 5) is 0. The number of ether oxygens (including phenoxy) is 2. The van der Waals surface area contributed by atoms with Gasteiger partial charge in [0.05, 0.1) is 25.6 Å². The van der Waals surface area contributed by atoms with Gasteiger partial charge in [0.15, 0.2) is 10.2 Å². The zero-order valence-corrected chi connectivity index (χ0v) is 25.2. The van der Waals surface area contributed by atoms with Gasteiger partial charge >= 0.3 is 0 Å². The average molecular weight is 601 g/mol. The molecule has 2 aromatic rings. The smallest absolute Gasteiger partial charge is 0.184 e. The summed E-state index contributed by atoms with van der Waals surface area (Å²) in [6.45, 7) is 1.11. The summed E-state index contributed by atoms with van der Waals surface area (Å²) < 4.78 is 30.8. The van der Waals surface area contributed by atoms with Crippen LogP contribution in [0.5, 0.6) is 11.5 Å². The number of thiocarbonyl (C=S) groups is 2. The monoisotopic (exact) mass is 600 g/mol. The van der Waals surface area contributed by atoms with Crippen molar-refractivity contribution in [3.63, 3.8) is 0 Å². The Bertz CT molecular complexity index is 1010. The highest BCUT2D eigenvalue weighted by molar-refractivity contribution is 7.83. The van der Waals surface area contributed by atoms with Gasteiger partial charge in [-0.2, -0.15) is 10.2 Å². The van der Waals surface area contributed by atoms with E-state index in [2.05, 4.69) is 21.1 Å². The Morgan fingerprint density at radius 1 is 0.763 bits per heavy atom. The molecule has 0 fully saturated rings. The van der Waals surface area contributed by atoms with Crippen molar-refractivity contribution in [2.75, 3.05) is 38.2 Å². The van der Waals surface area contributed by atoms with E-state index in [0.29, 0.717) is 13.2 Å². The highest BCUT2D eigenvalue weighted by Crippen LogP contribution is 2.18. The maximum Gasteiger partial charge on any atom is 0.184 e. The summed E-state index contributed by atoms with van der Waals surface area (Å²) in [7, 11) is -1.22. The predicted octanol–water partition coefficient (Wildman–Crippen LogP) is 2.25. The second-order valence-corrected chi connectivity index (χ2v) is 11.3. The molecule has 6 N–H and O–H groups in total.